The molecule has 18 heavy (non-hydrogen) atoms. The smallest absolute Gasteiger partial charge is 0.274 e. The van der Waals surface area contributed by atoms with Crippen LogP contribution in [0.5, 0.6) is 5.75 Å². The molecule has 1 amide bonds. The maximum absolute atomic E-state index is 11.6. The van der Waals surface area contributed by atoms with E-state index in [1.165, 1.54) is 5.56 Å². The largest absolute Gasteiger partial charge is 0.479 e. The van der Waals surface area contributed by atoms with Gasteiger partial charge in [-0.15, -0.1) is 0 Å². The molecule has 1 unspecified atom stereocenters. The quantitative estimate of drug-likeness (QED) is 0.482. The van der Waals surface area contributed by atoms with Crippen LogP contribution in [0.3, 0.4) is 0 Å². The summed E-state index contributed by atoms with van der Waals surface area (Å²) in [6, 6.07) is 5.86. The van der Waals surface area contributed by atoms with E-state index >= 15 is 0 Å². The highest BCUT2D eigenvalue weighted by molar-refractivity contribution is 9.10. The molecule has 0 saturated heterocycles. The number of rotatable bonds is 6. The van der Waals surface area contributed by atoms with Gasteiger partial charge < -0.3 is 4.74 Å². The van der Waals surface area contributed by atoms with Crippen LogP contribution in [0, 0.1) is 0 Å². The molecule has 0 aliphatic carbocycles. The number of nitrogens with one attached hydrogen (secondary N) is 1. The van der Waals surface area contributed by atoms with Gasteiger partial charge in [0.25, 0.3) is 5.91 Å². The number of halogens is 1. The van der Waals surface area contributed by atoms with Crippen LogP contribution in [0.25, 0.3) is 0 Å². The van der Waals surface area contributed by atoms with Crippen molar-refractivity contribution in [1.29, 1.82) is 0 Å². The molecule has 0 aliphatic heterocycles. The molecule has 1 aromatic rings. The number of hydrogen-bond acceptors (Lipinski definition) is 3. The third kappa shape index (κ3) is 3.99. The number of hydrazine groups is 1. The van der Waals surface area contributed by atoms with Crippen LogP contribution in [0.15, 0.2) is 22.7 Å². The first-order valence-corrected chi connectivity index (χ1v) is 6.87. The number of carbonyl (C=O) groups excluding carboxylic acids is 1. The van der Waals surface area contributed by atoms with E-state index in [4.69, 9.17) is 10.6 Å². The van der Waals surface area contributed by atoms with Crippen molar-refractivity contribution in [3.05, 3.63) is 28.2 Å². The van der Waals surface area contributed by atoms with Gasteiger partial charge in [-0.05, 0) is 46.5 Å². The zero-order chi connectivity index (χ0) is 13.5. The average Bonchev–Trinajstić information content (AvgIpc) is 2.39. The summed E-state index contributed by atoms with van der Waals surface area (Å²) in [4.78, 5) is 11.6. The molecule has 0 aromatic heterocycles. The average molecular weight is 315 g/mol. The second-order valence-corrected chi connectivity index (χ2v) is 4.88. The molecule has 0 aliphatic rings. The fourth-order valence-electron chi connectivity index (χ4n) is 1.61. The molecule has 0 bridgehead atoms. The third-order valence-corrected chi connectivity index (χ3v) is 3.28. The Balaban J connectivity index is 2.83. The summed E-state index contributed by atoms with van der Waals surface area (Å²) in [6.45, 7) is 4.08. The van der Waals surface area contributed by atoms with Gasteiger partial charge in [-0.25, -0.2) is 5.84 Å². The molecule has 0 fully saturated rings. The van der Waals surface area contributed by atoms with Crippen LogP contribution in [0.4, 0.5) is 0 Å². The van der Waals surface area contributed by atoms with E-state index in [1.54, 1.807) is 0 Å². The Morgan fingerprint density at radius 3 is 2.72 bits per heavy atom. The maximum atomic E-state index is 11.6. The minimum atomic E-state index is -0.552. The van der Waals surface area contributed by atoms with Crippen LogP contribution in [-0.4, -0.2) is 12.0 Å². The first-order chi connectivity index (χ1) is 8.62. The van der Waals surface area contributed by atoms with Crippen molar-refractivity contribution in [2.24, 2.45) is 5.84 Å². The van der Waals surface area contributed by atoms with Crippen LogP contribution in [-0.2, 0) is 11.2 Å². The van der Waals surface area contributed by atoms with Crippen molar-refractivity contribution in [2.45, 2.75) is 39.2 Å². The predicted molar refractivity (Wildman–Crippen MR) is 75.2 cm³/mol. The summed E-state index contributed by atoms with van der Waals surface area (Å²) in [7, 11) is 0. The van der Waals surface area contributed by atoms with Crippen LogP contribution < -0.4 is 16.0 Å². The minimum Gasteiger partial charge on any atom is -0.479 e. The second-order valence-electron chi connectivity index (χ2n) is 4.02. The molecule has 100 valence electrons. The lowest BCUT2D eigenvalue weighted by atomic mass is 10.1. The third-order valence-electron chi connectivity index (χ3n) is 2.66. The van der Waals surface area contributed by atoms with E-state index in [0.29, 0.717) is 12.2 Å². The molecule has 1 rings (SSSR count). The van der Waals surface area contributed by atoms with E-state index in [2.05, 4.69) is 28.3 Å². The van der Waals surface area contributed by atoms with Gasteiger partial charge in [0.15, 0.2) is 6.10 Å². The van der Waals surface area contributed by atoms with Crippen LogP contribution in [0.2, 0.25) is 0 Å². The number of aryl methyl sites for hydroxylation is 1. The molecule has 0 radical (unpaired) electrons. The van der Waals surface area contributed by atoms with Crippen molar-refractivity contribution in [1.82, 2.24) is 5.43 Å². The maximum Gasteiger partial charge on any atom is 0.274 e. The van der Waals surface area contributed by atoms with Gasteiger partial charge >= 0.3 is 0 Å². The number of carbonyl (C=O) groups is 1. The highest BCUT2D eigenvalue weighted by Gasteiger charge is 2.19. The molecule has 0 heterocycles. The first kappa shape index (κ1) is 15.0. The van der Waals surface area contributed by atoms with Crippen LogP contribution >= 0.6 is 15.9 Å². The molecule has 3 N–H and O–H groups in total. The van der Waals surface area contributed by atoms with Gasteiger partial charge in [0.1, 0.15) is 5.75 Å². The van der Waals surface area contributed by atoms with E-state index in [-0.39, 0.29) is 5.91 Å². The SMILES string of the molecule is CCCC(Oc1ccc(CC)cc1Br)C(=O)NN. The van der Waals surface area contributed by atoms with Crippen LogP contribution in [0.1, 0.15) is 32.3 Å². The fourth-order valence-corrected chi connectivity index (χ4v) is 2.13. The lowest BCUT2D eigenvalue weighted by Crippen LogP contribution is -2.42. The van der Waals surface area contributed by atoms with Crippen molar-refractivity contribution < 1.29 is 9.53 Å². The standard InChI is InChI=1S/C13H19BrN2O2/c1-3-5-12(13(17)16-15)18-11-7-6-9(4-2)8-10(11)14/h6-8,12H,3-5,15H2,1-2H3,(H,16,17). The summed E-state index contributed by atoms with van der Waals surface area (Å²) in [6.07, 6.45) is 1.89. The summed E-state index contributed by atoms with van der Waals surface area (Å²) >= 11 is 3.45. The summed E-state index contributed by atoms with van der Waals surface area (Å²) < 4.78 is 6.55. The highest BCUT2D eigenvalue weighted by Crippen LogP contribution is 2.27. The van der Waals surface area contributed by atoms with Gasteiger partial charge in [0, 0.05) is 0 Å². The normalized spacial score (nSPS) is 12.0. The number of nitrogens with two attached hydrogens (primary N) is 1. The molecule has 4 nitrogen and oxygen atoms in total. The summed E-state index contributed by atoms with van der Waals surface area (Å²) in [5, 5.41) is 0. The first-order valence-electron chi connectivity index (χ1n) is 6.07. The molecule has 0 spiro atoms. The number of benzene rings is 1. The zero-order valence-corrected chi connectivity index (χ0v) is 12.3. The van der Waals surface area contributed by atoms with Crippen molar-refractivity contribution in [3.63, 3.8) is 0 Å². The van der Waals surface area contributed by atoms with Gasteiger partial charge in [0.05, 0.1) is 4.47 Å². The van der Waals surface area contributed by atoms with Gasteiger partial charge in [0.2, 0.25) is 0 Å². The number of hydrogen-bond donors (Lipinski definition) is 2. The Kier molecular flexibility index (Phi) is 6.15. The molecular weight excluding hydrogens is 296 g/mol. The van der Waals surface area contributed by atoms with Crippen molar-refractivity contribution in [3.8, 4) is 5.75 Å². The molecule has 5 heteroatoms. The Morgan fingerprint density at radius 2 is 2.22 bits per heavy atom. The number of amides is 1. The Labute approximate surface area is 116 Å². The topological polar surface area (TPSA) is 64.3 Å². The predicted octanol–water partition coefficient (Wildman–Crippen LogP) is 2.55. The van der Waals surface area contributed by atoms with Gasteiger partial charge in [-0.3, -0.25) is 10.2 Å². The molecule has 1 atom stereocenters. The Bertz CT molecular complexity index is 410. The fraction of sp³-hybridized carbons (Fsp3) is 0.462. The molecule has 0 saturated carbocycles. The van der Waals surface area contributed by atoms with Gasteiger partial charge in [-0.2, -0.15) is 0 Å². The monoisotopic (exact) mass is 314 g/mol. The number of ether oxygens (including phenoxy) is 1. The van der Waals surface area contributed by atoms with E-state index in [1.807, 2.05) is 25.1 Å². The summed E-state index contributed by atoms with van der Waals surface area (Å²) in [5.74, 6) is 5.51. The second kappa shape index (κ2) is 7.38. The summed E-state index contributed by atoms with van der Waals surface area (Å²) in [5.41, 5.74) is 3.35. The van der Waals surface area contributed by atoms with Crippen molar-refractivity contribution in [2.75, 3.05) is 0 Å². The van der Waals surface area contributed by atoms with Gasteiger partial charge in [-0.1, -0.05) is 26.3 Å². The van der Waals surface area contributed by atoms with Crippen molar-refractivity contribution >= 4 is 21.8 Å². The zero-order valence-electron chi connectivity index (χ0n) is 10.7. The minimum absolute atomic E-state index is 0.302. The van der Waals surface area contributed by atoms with E-state index < -0.39 is 6.10 Å². The highest BCUT2D eigenvalue weighted by atomic mass is 79.9. The Morgan fingerprint density at radius 1 is 1.50 bits per heavy atom. The Hall–Kier alpha value is -1.07. The molecular formula is C13H19BrN2O2. The lowest BCUT2D eigenvalue weighted by Gasteiger charge is -2.18. The van der Waals surface area contributed by atoms with E-state index in [9.17, 15) is 4.79 Å². The lowest BCUT2D eigenvalue weighted by molar-refractivity contribution is -0.128. The molecule has 1 aromatic carbocycles. The van der Waals surface area contributed by atoms with E-state index in [0.717, 1.165) is 17.3 Å².